The van der Waals surface area contributed by atoms with Crippen LogP contribution in [0.5, 0.6) is 0 Å². The minimum absolute atomic E-state index is 0.243. The number of likely N-dealkylation sites (N-methyl/N-ethyl adjacent to an activating group) is 1. The highest BCUT2D eigenvalue weighted by molar-refractivity contribution is 7.09. The lowest BCUT2D eigenvalue weighted by molar-refractivity contribution is 0.168. The van der Waals surface area contributed by atoms with E-state index in [4.69, 9.17) is 5.73 Å². The number of hydrogen-bond donors (Lipinski definition) is 2. The van der Waals surface area contributed by atoms with Gasteiger partial charge in [0.25, 0.3) is 0 Å². The second-order valence-corrected chi connectivity index (χ2v) is 5.60. The zero-order valence-electron chi connectivity index (χ0n) is 10.2. The molecule has 96 valence electrons. The van der Waals surface area contributed by atoms with Crippen LogP contribution in [0.1, 0.15) is 12.1 Å². The molecule has 0 spiro atoms. The fourth-order valence-electron chi connectivity index (χ4n) is 2.28. The van der Waals surface area contributed by atoms with E-state index in [1.165, 1.54) is 11.5 Å². The van der Waals surface area contributed by atoms with Crippen LogP contribution >= 0.6 is 11.5 Å². The number of nitrogens with zero attached hydrogens (tertiary/aromatic N) is 4. The van der Waals surface area contributed by atoms with E-state index < -0.39 is 0 Å². The summed E-state index contributed by atoms with van der Waals surface area (Å²) in [6, 6.07) is 0.362. The van der Waals surface area contributed by atoms with Crippen molar-refractivity contribution in [2.75, 3.05) is 32.9 Å². The predicted octanol–water partition coefficient (Wildman–Crippen LogP) is -0.383. The summed E-state index contributed by atoms with van der Waals surface area (Å²) in [5.41, 5.74) is 6.62. The van der Waals surface area contributed by atoms with E-state index >= 15 is 0 Å². The van der Waals surface area contributed by atoms with Gasteiger partial charge in [-0.3, -0.25) is 4.90 Å². The number of aliphatic hydroxyl groups excluding tert-OH is 1. The molecule has 1 fully saturated rings. The lowest BCUT2D eigenvalue weighted by Crippen LogP contribution is -2.37. The maximum Gasteiger partial charge on any atom is 0.132 e. The van der Waals surface area contributed by atoms with Gasteiger partial charge in [0.1, 0.15) is 10.7 Å². The number of likely N-dealkylation sites (tertiary alicyclic amines) is 1. The van der Waals surface area contributed by atoms with Crippen LogP contribution in [0.15, 0.2) is 0 Å². The first-order valence-corrected chi connectivity index (χ1v) is 6.47. The predicted molar refractivity (Wildman–Crippen MR) is 67.7 cm³/mol. The molecule has 1 saturated heterocycles. The van der Waals surface area contributed by atoms with E-state index in [1.54, 1.807) is 0 Å². The molecule has 0 aliphatic carbocycles. The van der Waals surface area contributed by atoms with Gasteiger partial charge in [0.15, 0.2) is 0 Å². The molecule has 1 aromatic heterocycles. The molecule has 6 nitrogen and oxygen atoms in total. The van der Waals surface area contributed by atoms with Gasteiger partial charge in [-0.25, -0.2) is 0 Å². The number of rotatable bonds is 4. The van der Waals surface area contributed by atoms with E-state index in [2.05, 4.69) is 19.4 Å². The first kappa shape index (κ1) is 12.7. The van der Waals surface area contributed by atoms with E-state index in [0.717, 1.165) is 18.7 Å². The van der Waals surface area contributed by atoms with Gasteiger partial charge in [0, 0.05) is 37.2 Å². The highest BCUT2D eigenvalue weighted by atomic mass is 32.1. The molecule has 2 heterocycles. The average molecular weight is 257 g/mol. The summed E-state index contributed by atoms with van der Waals surface area (Å²) in [4.78, 5) is 4.37. The van der Waals surface area contributed by atoms with E-state index in [-0.39, 0.29) is 6.10 Å². The second kappa shape index (κ2) is 5.26. The van der Waals surface area contributed by atoms with Gasteiger partial charge in [-0.05, 0) is 20.5 Å². The third-order valence-corrected chi connectivity index (χ3v) is 3.62. The minimum atomic E-state index is -0.243. The van der Waals surface area contributed by atoms with Crippen LogP contribution in [0.25, 0.3) is 0 Å². The summed E-state index contributed by atoms with van der Waals surface area (Å²) in [5, 5.41) is 14.5. The number of anilines is 1. The van der Waals surface area contributed by atoms with Crippen LogP contribution in [0.4, 0.5) is 5.00 Å². The number of nitrogen functional groups attached to an aromatic ring is 1. The molecular formula is C10H19N5OS. The van der Waals surface area contributed by atoms with Crippen molar-refractivity contribution in [1.82, 2.24) is 19.4 Å². The molecule has 3 N–H and O–H groups in total. The van der Waals surface area contributed by atoms with Gasteiger partial charge in [-0.2, -0.15) is 0 Å². The highest BCUT2D eigenvalue weighted by Crippen LogP contribution is 2.23. The molecule has 2 atom stereocenters. The Hall–Kier alpha value is -0.760. The molecule has 7 heteroatoms. The minimum Gasteiger partial charge on any atom is -0.392 e. The van der Waals surface area contributed by atoms with Crippen molar-refractivity contribution in [3.63, 3.8) is 0 Å². The standard InChI is InChI=1S/C10H19N5OS/c1-14(2)4-7-3-8(16)5-15(7)6-9-10(11)17-13-12-9/h7-8,16H,3-6,11H2,1-2H3. The van der Waals surface area contributed by atoms with Crippen LogP contribution in [-0.2, 0) is 6.54 Å². The Kier molecular flexibility index (Phi) is 3.93. The SMILES string of the molecule is CN(C)CC1CC(O)CN1Cc1nnsc1N. The van der Waals surface area contributed by atoms with Crippen molar-refractivity contribution in [2.24, 2.45) is 0 Å². The lowest BCUT2D eigenvalue weighted by atomic mass is 10.2. The maximum atomic E-state index is 9.76. The van der Waals surface area contributed by atoms with Crippen molar-refractivity contribution in [3.05, 3.63) is 5.69 Å². The zero-order valence-corrected chi connectivity index (χ0v) is 11.0. The Labute approximate surface area is 105 Å². The van der Waals surface area contributed by atoms with Crippen LogP contribution in [-0.4, -0.2) is 63.8 Å². The molecule has 0 amide bonds. The molecule has 2 rings (SSSR count). The van der Waals surface area contributed by atoms with Gasteiger partial charge in [0.2, 0.25) is 0 Å². The average Bonchev–Trinajstić information content (AvgIpc) is 2.75. The fraction of sp³-hybridized carbons (Fsp3) is 0.800. The third kappa shape index (κ3) is 3.12. The lowest BCUT2D eigenvalue weighted by Gasteiger charge is -2.25. The van der Waals surface area contributed by atoms with Gasteiger partial charge >= 0.3 is 0 Å². The van der Waals surface area contributed by atoms with Crippen LogP contribution in [0.2, 0.25) is 0 Å². The van der Waals surface area contributed by atoms with E-state index in [0.29, 0.717) is 24.1 Å². The molecule has 2 unspecified atom stereocenters. The monoisotopic (exact) mass is 257 g/mol. The number of hydrogen-bond acceptors (Lipinski definition) is 7. The van der Waals surface area contributed by atoms with E-state index in [1.807, 2.05) is 14.1 Å². The van der Waals surface area contributed by atoms with Gasteiger partial charge < -0.3 is 15.7 Å². The van der Waals surface area contributed by atoms with Crippen LogP contribution < -0.4 is 5.73 Å². The fourth-order valence-corrected chi connectivity index (χ4v) is 2.72. The zero-order chi connectivity index (χ0) is 12.4. The molecule has 0 bridgehead atoms. The normalized spacial score (nSPS) is 25.9. The Balaban J connectivity index is 2.01. The third-order valence-electron chi connectivity index (χ3n) is 3.02. The molecule has 1 aliphatic rings. The maximum absolute atomic E-state index is 9.76. The largest absolute Gasteiger partial charge is 0.392 e. The van der Waals surface area contributed by atoms with Crippen molar-refractivity contribution < 1.29 is 5.11 Å². The van der Waals surface area contributed by atoms with Crippen molar-refractivity contribution in [2.45, 2.75) is 25.1 Å². The van der Waals surface area contributed by atoms with Crippen LogP contribution in [0, 0.1) is 0 Å². The number of aliphatic hydroxyl groups is 1. The molecule has 1 aliphatic heterocycles. The van der Waals surface area contributed by atoms with Crippen molar-refractivity contribution in [3.8, 4) is 0 Å². The number of β-amino-alcohol motifs (C(OH)–C–C–N with tert-alkyl or cyclic N) is 1. The highest BCUT2D eigenvalue weighted by Gasteiger charge is 2.31. The Morgan fingerprint density at radius 2 is 2.35 bits per heavy atom. The van der Waals surface area contributed by atoms with Gasteiger partial charge in [0.05, 0.1) is 6.10 Å². The summed E-state index contributed by atoms with van der Waals surface area (Å²) in [5.74, 6) is 0. The molecule has 0 aromatic carbocycles. The quantitative estimate of drug-likeness (QED) is 0.765. The first-order valence-electron chi connectivity index (χ1n) is 5.70. The molecular weight excluding hydrogens is 238 g/mol. The summed E-state index contributed by atoms with van der Waals surface area (Å²) in [6.45, 7) is 2.31. The molecule has 0 radical (unpaired) electrons. The topological polar surface area (TPSA) is 78.5 Å². The van der Waals surface area contributed by atoms with Crippen molar-refractivity contribution >= 4 is 16.5 Å². The summed E-state index contributed by atoms with van der Waals surface area (Å²) in [7, 11) is 4.09. The van der Waals surface area contributed by atoms with Gasteiger partial charge in [-0.15, -0.1) is 5.10 Å². The smallest absolute Gasteiger partial charge is 0.132 e. The molecule has 0 saturated carbocycles. The Morgan fingerprint density at radius 1 is 1.59 bits per heavy atom. The summed E-state index contributed by atoms with van der Waals surface area (Å²) in [6.07, 6.45) is 0.572. The summed E-state index contributed by atoms with van der Waals surface area (Å²) < 4.78 is 3.84. The number of aromatic nitrogens is 2. The first-order chi connectivity index (χ1) is 8.06. The number of nitrogens with two attached hydrogens (primary N) is 1. The molecule has 1 aromatic rings. The summed E-state index contributed by atoms with van der Waals surface area (Å²) >= 11 is 1.22. The van der Waals surface area contributed by atoms with Crippen LogP contribution in [0.3, 0.4) is 0 Å². The molecule has 17 heavy (non-hydrogen) atoms. The van der Waals surface area contributed by atoms with E-state index in [9.17, 15) is 5.11 Å². The Bertz CT molecular complexity index is 369. The Morgan fingerprint density at radius 3 is 2.94 bits per heavy atom. The second-order valence-electron chi connectivity index (χ2n) is 4.82. The van der Waals surface area contributed by atoms with Crippen molar-refractivity contribution in [1.29, 1.82) is 0 Å². The van der Waals surface area contributed by atoms with Gasteiger partial charge in [-0.1, -0.05) is 4.49 Å².